The molecule has 1 N–H and O–H groups in total. The Labute approximate surface area is 172 Å². The van der Waals surface area contributed by atoms with Crippen LogP contribution in [0.5, 0.6) is 5.75 Å². The summed E-state index contributed by atoms with van der Waals surface area (Å²) in [6.07, 6.45) is 7.87. The lowest BCUT2D eigenvalue weighted by atomic mass is 9.83. The van der Waals surface area contributed by atoms with Crippen LogP contribution in [0.4, 0.5) is 0 Å². The summed E-state index contributed by atoms with van der Waals surface area (Å²) >= 11 is 0. The first kappa shape index (κ1) is 22.5. The van der Waals surface area contributed by atoms with Gasteiger partial charge in [-0.2, -0.15) is 0 Å². The summed E-state index contributed by atoms with van der Waals surface area (Å²) in [5.41, 5.74) is 4.36. The molecule has 0 bridgehead atoms. The highest BCUT2D eigenvalue weighted by Crippen LogP contribution is 2.37. The van der Waals surface area contributed by atoms with Crippen molar-refractivity contribution in [1.82, 2.24) is 4.90 Å². The van der Waals surface area contributed by atoms with Gasteiger partial charge in [0.25, 0.3) is 0 Å². The lowest BCUT2D eigenvalue weighted by Gasteiger charge is -2.24. The normalized spacial score (nSPS) is 11.9. The van der Waals surface area contributed by atoms with Crippen LogP contribution in [0.15, 0.2) is 42.5 Å². The van der Waals surface area contributed by atoms with E-state index in [1.165, 1.54) is 44.1 Å². The third-order valence-electron chi connectivity index (χ3n) is 5.47. The number of hydrogen-bond donors (Lipinski definition) is 1. The molecule has 0 heterocycles. The summed E-state index contributed by atoms with van der Waals surface area (Å²) in [4.78, 5) is 2.34. The van der Waals surface area contributed by atoms with Gasteiger partial charge in [-0.25, -0.2) is 0 Å². The molecule has 0 fully saturated rings. The Balaban J connectivity index is 2.14. The maximum atomic E-state index is 11.0. The average Bonchev–Trinajstić information content (AvgIpc) is 2.66. The van der Waals surface area contributed by atoms with Gasteiger partial charge in [-0.1, -0.05) is 96.2 Å². The van der Waals surface area contributed by atoms with Crippen molar-refractivity contribution >= 4 is 0 Å². The minimum Gasteiger partial charge on any atom is -0.507 e. The van der Waals surface area contributed by atoms with Crippen molar-refractivity contribution in [3.05, 3.63) is 53.6 Å². The molecule has 2 rings (SSSR count). The van der Waals surface area contributed by atoms with Gasteiger partial charge in [0.15, 0.2) is 0 Å². The second kappa shape index (κ2) is 10.7. The van der Waals surface area contributed by atoms with E-state index in [9.17, 15) is 5.11 Å². The first-order valence-corrected chi connectivity index (χ1v) is 10.9. The highest BCUT2D eigenvalue weighted by Gasteiger charge is 2.20. The number of aromatic hydroxyl groups is 1. The van der Waals surface area contributed by atoms with Crippen LogP contribution in [-0.2, 0) is 12.0 Å². The van der Waals surface area contributed by atoms with E-state index >= 15 is 0 Å². The zero-order valence-corrected chi connectivity index (χ0v) is 18.6. The van der Waals surface area contributed by atoms with E-state index < -0.39 is 0 Å². The van der Waals surface area contributed by atoms with Gasteiger partial charge in [0.1, 0.15) is 5.75 Å². The molecule has 0 saturated carbocycles. The van der Waals surface area contributed by atoms with Crippen molar-refractivity contribution in [1.29, 1.82) is 0 Å². The highest BCUT2D eigenvalue weighted by atomic mass is 16.3. The Morgan fingerprint density at radius 2 is 1.54 bits per heavy atom. The van der Waals surface area contributed by atoms with Gasteiger partial charge in [0.05, 0.1) is 0 Å². The van der Waals surface area contributed by atoms with Crippen molar-refractivity contribution in [2.24, 2.45) is 0 Å². The molecule has 154 valence electrons. The summed E-state index contributed by atoms with van der Waals surface area (Å²) in [5.74, 6) is 0.425. The quantitative estimate of drug-likeness (QED) is 0.442. The lowest BCUT2D eigenvalue weighted by Crippen LogP contribution is -2.20. The van der Waals surface area contributed by atoms with Gasteiger partial charge in [-0.15, -0.1) is 0 Å². The van der Waals surface area contributed by atoms with Gasteiger partial charge < -0.3 is 10.0 Å². The molecule has 0 unspecified atom stereocenters. The summed E-state index contributed by atoms with van der Waals surface area (Å²) in [7, 11) is 2.16. The molecule has 0 aliphatic heterocycles. The van der Waals surface area contributed by atoms with Crippen LogP contribution in [0.1, 0.15) is 77.3 Å². The second-order valence-corrected chi connectivity index (χ2v) is 9.15. The van der Waals surface area contributed by atoms with Crippen molar-refractivity contribution in [2.45, 2.75) is 78.2 Å². The van der Waals surface area contributed by atoms with Crippen LogP contribution in [0.3, 0.4) is 0 Å². The molecule has 2 aromatic rings. The van der Waals surface area contributed by atoms with Crippen LogP contribution in [0, 0.1) is 0 Å². The van der Waals surface area contributed by atoms with E-state index in [-0.39, 0.29) is 5.41 Å². The first-order chi connectivity index (χ1) is 13.3. The molecule has 28 heavy (non-hydrogen) atoms. The standard InChI is InChI=1S/C26H39NO/c1-6-7-8-9-10-14-17-27(5)20-22-18-23(26(2,3)4)19-24(25(22)28)21-15-12-11-13-16-21/h11-13,15-16,18-19,28H,6-10,14,17,20H2,1-5H3. The third kappa shape index (κ3) is 6.67. The molecule has 2 nitrogen and oxygen atoms in total. The van der Waals surface area contributed by atoms with E-state index in [1.54, 1.807) is 0 Å². The summed E-state index contributed by atoms with van der Waals surface area (Å²) in [6, 6.07) is 14.6. The smallest absolute Gasteiger partial charge is 0.127 e. The largest absolute Gasteiger partial charge is 0.507 e. The zero-order valence-electron chi connectivity index (χ0n) is 18.6. The molecule has 0 aromatic heterocycles. The first-order valence-electron chi connectivity index (χ1n) is 10.9. The van der Waals surface area contributed by atoms with Gasteiger partial charge in [-0.05, 0) is 42.6 Å². The molecule has 0 saturated heterocycles. The molecule has 0 amide bonds. The predicted molar refractivity (Wildman–Crippen MR) is 122 cm³/mol. The highest BCUT2D eigenvalue weighted by molar-refractivity contribution is 5.73. The second-order valence-electron chi connectivity index (χ2n) is 9.15. The molecule has 2 aromatic carbocycles. The molecule has 2 heteroatoms. The number of phenols is 1. The lowest BCUT2D eigenvalue weighted by molar-refractivity contribution is 0.310. The monoisotopic (exact) mass is 381 g/mol. The SMILES string of the molecule is CCCCCCCCN(C)Cc1cc(C(C)(C)C)cc(-c2ccccc2)c1O. The van der Waals surface area contributed by atoms with Crippen LogP contribution in [0.2, 0.25) is 0 Å². The fourth-order valence-electron chi connectivity index (χ4n) is 3.62. The Kier molecular flexibility index (Phi) is 8.57. The summed E-state index contributed by atoms with van der Waals surface area (Å²) in [6.45, 7) is 10.8. The fraction of sp³-hybridized carbons (Fsp3) is 0.538. The van der Waals surface area contributed by atoms with Gasteiger partial charge in [0.2, 0.25) is 0 Å². The van der Waals surface area contributed by atoms with E-state index in [0.29, 0.717) is 5.75 Å². The Morgan fingerprint density at radius 3 is 2.18 bits per heavy atom. The molecular weight excluding hydrogens is 342 g/mol. The fourth-order valence-corrected chi connectivity index (χ4v) is 3.62. The minimum absolute atomic E-state index is 0.0455. The van der Waals surface area contributed by atoms with Gasteiger partial charge in [0, 0.05) is 17.7 Å². The minimum atomic E-state index is 0.0455. The molecule has 0 radical (unpaired) electrons. The molecular formula is C26H39NO. The number of rotatable bonds is 10. The van der Waals surface area contributed by atoms with Crippen molar-refractivity contribution in [2.75, 3.05) is 13.6 Å². The third-order valence-corrected chi connectivity index (χ3v) is 5.47. The van der Waals surface area contributed by atoms with Crippen LogP contribution in [-0.4, -0.2) is 23.6 Å². The number of unbranched alkanes of at least 4 members (excludes halogenated alkanes) is 5. The van der Waals surface area contributed by atoms with Crippen LogP contribution < -0.4 is 0 Å². The number of hydrogen-bond acceptors (Lipinski definition) is 2. The summed E-state index contributed by atoms with van der Waals surface area (Å²) in [5, 5.41) is 11.0. The van der Waals surface area contributed by atoms with Crippen LogP contribution >= 0.6 is 0 Å². The Morgan fingerprint density at radius 1 is 0.893 bits per heavy atom. The van der Waals surface area contributed by atoms with Gasteiger partial charge >= 0.3 is 0 Å². The predicted octanol–water partition coefficient (Wildman–Crippen LogP) is 7.15. The Bertz CT molecular complexity index is 715. The van der Waals surface area contributed by atoms with Crippen LogP contribution in [0.25, 0.3) is 11.1 Å². The van der Waals surface area contributed by atoms with E-state index in [0.717, 1.165) is 29.8 Å². The molecule has 0 spiro atoms. The topological polar surface area (TPSA) is 23.5 Å². The van der Waals surface area contributed by atoms with E-state index in [2.05, 4.69) is 63.9 Å². The van der Waals surface area contributed by atoms with E-state index in [4.69, 9.17) is 0 Å². The van der Waals surface area contributed by atoms with E-state index in [1.807, 2.05) is 18.2 Å². The van der Waals surface area contributed by atoms with Crippen molar-refractivity contribution < 1.29 is 5.11 Å². The van der Waals surface area contributed by atoms with Crippen molar-refractivity contribution in [3.63, 3.8) is 0 Å². The van der Waals surface area contributed by atoms with Gasteiger partial charge in [-0.3, -0.25) is 0 Å². The Hall–Kier alpha value is -1.80. The van der Waals surface area contributed by atoms with Crippen molar-refractivity contribution in [3.8, 4) is 16.9 Å². The average molecular weight is 382 g/mol. The summed E-state index contributed by atoms with van der Waals surface area (Å²) < 4.78 is 0. The maximum Gasteiger partial charge on any atom is 0.127 e. The maximum absolute atomic E-state index is 11.0. The molecule has 0 aliphatic carbocycles. The number of benzene rings is 2. The number of nitrogens with zero attached hydrogens (tertiary/aromatic N) is 1. The number of phenolic OH excluding ortho intramolecular Hbond substituents is 1. The molecule has 0 atom stereocenters. The molecule has 0 aliphatic rings. The zero-order chi connectivity index (χ0) is 20.6.